The first-order valence-electron chi connectivity index (χ1n) is 12.8. The van der Waals surface area contributed by atoms with Crippen molar-refractivity contribution in [3.63, 3.8) is 0 Å². The summed E-state index contributed by atoms with van der Waals surface area (Å²) in [5.41, 5.74) is -2.21. The number of hydrogen-bond donors (Lipinski definition) is 1. The van der Waals surface area contributed by atoms with Crippen LogP contribution in [0.2, 0.25) is 5.02 Å². The number of nitrogens with zero attached hydrogens (tertiary/aromatic N) is 5. The molecule has 1 N–H and O–H groups in total. The van der Waals surface area contributed by atoms with E-state index in [0.29, 0.717) is 10.6 Å². The zero-order valence-electron chi connectivity index (χ0n) is 24.0. The highest BCUT2D eigenvalue weighted by Gasteiger charge is 2.50. The quantitative estimate of drug-likeness (QED) is 0.319. The first kappa shape index (κ1) is 32.3. The Labute approximate surface area is 250 Å². The Hall–Kier alpha value is -3.59. The molecule has 3 heterocycles. The molecule has 0 aliphatic carbocycles. The molecule has 3 aromatic rings. The van der Waals surface area contributed by atoms with Crippen LogP contribution in [0.4, 0.5) is 22.4 Å². The van der Waals surface area contributed by atoms with Gasteiger partial charge in [-0.2, -0.15) is 13.2 Å². The Kier molecular flexibility index (Phi) is 8.39. The molecule has 232 valence electrons. The van der Waals surface area contributed by atoms with Crippen molar-refractivity contribution < 1.29 is 35.8 Å². The highest BCUT2D eigenvalue weighted by atomic mass is 35.5. The van der Waals surface area contributed by atoms with Crippen molar-refractivity contribution in [1.29, 1.82) is 0 Å². The lowest BCUT2D eigenvalue weighted by Gasteiger charge is -2.42. The summed E-state index contributed by atoms with van der Waals surface area (Å²) in [5.74, 6) is -1.23. The molecule has 10 nitrogen and oxygen atoms in total. The van der Waals surface area contributed by atoms with Gasteiger partial charge in [0.25, 0.3) is 0 Å². The molecule has 4 rings (SSSR count). The number of amidine groups is 1. The molecule has 0 radical (unpaired) electrons. The molecule has 16 heteroatoms. The zero-order chi connectivity index (χ0) is 32.0. The van der Waals surface area contributed by atoms with Crippen LogP contribution in [-0.4, -0.2) is 60.1 Å². The van der Waals surface area contributed by atoms with Gasteiger partial charge in [-0.25, -0.2) is 27.7 Å². The lowest BCUT2D eigenvalue weighted by molar-refractivity contribution is -0.117. The Balaban J connectivity index is 1.83. The molecule has 1 amide bonds. The van der Waals surface area contributed by atoms with Crippen molar-refractivity contribution in [3.05, 3.63) is 53.1 Å². The summed E-state index contributed by atoms with van der Waals surface area (Å²) in [6, 6.07) is 5.38. The van der Waals surface area contributed by atoms with Crippen molar-refractivity contribution in [2.24, 2.45) is 9.36 Å². The number of hydrogen-bond acceptors (Lipinski definition) is 9. The molecule has 43 heavy (non-hydrogen) atoms. The Morgan fingerprint density at radius 1 is 1.16 bits per heavy atom. The maximum Gasteiger partial charge on any atom is 0.413 e. The number of alkyl halides is 3. The molecular weight excluding hydrogens is 616 g/mol. The molecule has 0 saturated heterocycles. The van der Waals surface area contributed by atoms with E-state index in [9.17, 15) is 22.2 Å². The predicted octanol–water partition coefficient (Wildman–Crippen LogP) is 6.55. The third kappa shape index (κ3) is 7.15. The zero-order valence-corrected chi connectivity index (χ0v) is 25.6. The van der Waals surface area contributed by atoms with Gasteiger partial charge >= 0.3 is 12.3 Å². The van der Waals surface area contributed by atoms with Gasteiger partial charge in [0.2, 0.25) is 0 Å². The van der Waals surface area contributed by atoms with Gasteiger partial charge in [0.05, 0.1) is 20.5 Å². The number of halogens is 5. The Bertz CT molecular complexity index is 1690. The van der Waals surface area contributed by atoms with Crippen LogP contribution in [0.3, 0.4) is 0 Å². The third-order valence-corrected chi connectivity index (χ3v) is 9.95. The fourth-order valence-corrected chi connectivity index (χ4v) is 6.89. The Morgan fingerprint density at radius 3 is 2.42 bits per heavy atom. The minimum atomic E-state index is -4.76. The van der Waals surface area contributed by atoms with Gasteiger partial charge in [-0.15, -0.1) is 0 Å². The summed E-state index contributed by atoms with van der Waals surface area (Å²) >= 11 is 5.84. The number of alkyl carbamates (subject to hydrolysis) is 1. The molecule has 0 spiro atoms. The average molecular weight is 645 g/mol. The van der Waals surface area contributed by atoms with E-state index >= 15 is 4.39 Å². The van der Waals surface area contributed by atoms with E-state index in [-0.39, 0.29) is 28.7 Å². The maximum absolute atomic E-state index is 15.5. The number of amides is 1. The average Bonchev–Trinajstić information content (AvgIpc) is 3.36. The fraction of sp³-hybridized carbons (Fsp3) is 0.444. The number of carbonyl (C=O) groups excluding carboxylic acids is 1. The van der Waals surface area contributed by atoms with Gasteiger partial charge in [0.15, 0.2) is 17.3 Å². The van der Waals surface area contributed by atoms with Gasteiger partial charge in [-0.1, -0.05) is 16.8 Å². The molecule has 0 saturated carbocycles. The monoisotopic (exact) mass is 644 g/mol. The summed E-state index contributed by atoms with van der Waals surface area (Å²) in [4.78, 5) is 25.4. The normalized spacial score (nSPS) is 22.1. The van der Waals surface area contributed by atoms with E-state index in [4.69, 9.17) is 20.9 Å². The molecular formula is C27H29ClF4N6O4S. The van der Waals surface area contributed by atoms with Crippen LogP contribution in [0.1, 0.15) is 47.1 Å². The van der Waals surface area contributed by atoms with E-state index in [1.54, 1.807) is 20.8 Å². The van der Waals surface area contributed by atoms with E-state index in [0.717, 1.165) is 6.07 Å². The van der Waals surface area contributed by atoms with Crippen LogP contribution < -0.4 is 5.32 Å². The molecule has 0 bridgehead atoms. The van der Waals surface area contributed by atoms with Crippen LogP contribution in [0.25, 0.3) is 22.8 Å². The SMILES string of the molecule is CC(C)(C)OC(=O)NC1=N[C@](C)(c2cc(-c3cc(-c4ncc(Cl)cn4)no3)ccc2F)C[S@](=O)(=NCC(F)(F)F)C1(C)C. The van der Waals surface area contributed by atoms with Crippen molar-refractivity contribution >= 4 is 33.3 Å². The largest absolute Gasteiger partial charge is 0.444 e. The first-order valence-corrected chi connectivity index (χ1v) is 14.9. The molecule has 1 aliphatic rings. The first-order chi connectivity index (χ1) is 19.7. The van der Waals surface area contributed by atoms with Gasteiger partial charge in [0, 0.05) is 29.6 Å². The van der Waals surface area contributed by atoms with E-state index < -0.39 is 56.0 Å². The molecule has 1 aromatic carbocycles. The summed E-state index contributed by atoms with van der Waals surface area (Å²) in [6.07, 6.45) is -2.98. The molecule has 2 aromatic heterocycles. The second-order valence-corrected chi connectivity index (χ2v) is 14.8. The highest BCUT2D eigenvalue weighted by Crippen LogP contribution is 2.41. The van der Waals surface area contributed by atoms with Crippen molar-refractivity contribution in [3.8, 4) is 22.8 Å². The number of aromatic nitrogens is 3. The van der Waals surface area contributed by atoms with Crippen LogP contribution in [0, 0.1) is 5.82 Å². The van der Waals surface area contributed by atoms with Gasteiger partial charge < -0.3 is 9.26 Å². The second kappa shape index (κ2) is 11.2. The predicted molar refractivity (Wildman–Crippen MR) is 153 cm³/mol. The van der Waals surface area contributed by atoms with Gasteiger partial charge in [-0.05, 0) is 59.7 Å². The van der Waals surface area contributed by atoms with E-state index in [2.05, 4.69) is 29.8 Å². The van der Waals surface area contributed by atoms with Crippen LogP contribution in [0.15, 0.2) is 50.5 Å². The number of rotatable bonds is 4. The maximum atomic E-state index is 15.5. The van der Waals surface area contributed by atoms with Crippen molar-refractivity contribution in [1.82, 2.24) is 20.4 Å². The number of aliphatic imine (C=N–C) groups is 1. The summed E-state index contributed by atoms with van der Waals surface area (Å²) in [5, 5.41) is 6.69. The fourth-order valence-electron chi connectivity index (χ4n) is 4.28. The Morgan fingerprint density at radius 2 is 1.81 bits per heavy atom. The lowest BCUT2D eigenvalue weighted by Crippen LogP contribution is -2.58. The molecule has 2 atom stereocenters. The minimum absolute atomic E-state index is 0.125. The summed E-state index contributed by atoms with van der Waals surface area (Å²) in [7, 11) is -3.85. The number of benzene rings is 1. The lowest BCUT2D eigenvalue weighted by atomic mass is 9.91. The highest BCUT2D eigenvalue weighted by molar-refractivity contribution is 7.95. The van der Waals surface area contributed by atoms with E-state index in [1.165, 1.54) is 51.4 Å². The van der Waals surface area contributed by atoms with Crippen molar-refractivity contribution in [2.75, 3.05) is 12.3 Å². The van der Waals surface area contributed by atoms with Crippen LogP contribution >= 0.6 is 11.6 Å². The molecule has 1 aliphatic heterocycles. The summed E-state index contributed by atoms with van der Waals surface area (Å²) < 4.78 is 82.2. The second-order valence-electron chi connectivity index (χ2n) is 11.6. The molecule has 0 fully saturated rings. The smallest absolute Gasteiger partial charge is 0.413 e. The minimum Gasteiger partial charge on any atom is -0.444 e. The third-order valence-electron chi connectivity index (χ3n) is 6.47. The standard InChI is InChI=1S/C27H29ClF4N6O4S/c1-24(2,3)41-23(39)36-22-25(4,5)43(40,35-13-27(30,31)32)14-26(6,37-22)17-9-15(7-8-18(17)29)20-10-19(38-42-20)21-33-11-16(28)12-34-21/h7-12H,13-14H2,1-6H3,(H,36,37,39)/t26-,43+/m0/s1. The number of nitrogens with one attached hydrogen (secondary N) is 1. The van der Waals surface area contributed by atoms with Crippen molar-refractivity contribution in [2.45, 2.75) is 63.6 Å². The van der Waals surface area contributed by atoms with Crippen LogP contribution in [0.5, 0.6) is 0 Å². The van der Waals surface area contributed by atoms with Crippen LogP contribution in [-0.2, 0) is 20.0 Å². The molecule has 0 unspecified atom stereocenters. The van der Waals surface area contributed by atoms with Gasteiger partial charge in [-0.3, -0.25) is 10.3 Å². The van der Waals surface area contributed by atoms with Gasteiger partial charge in [0.1, 0.15) is 34.1 Å². The topological polar surface area (TPSA) is 132 Å². The number of carbonyl (C=O) groups is 1. The summed E-state index contributed by atoms with van der Waals surface area (Å²) in [6.45, 7) is 7.24. The van der Waals surface area contributed by atoms with E-state index in [1.807, 2.05) is 0 Å². The number of ether oxygens (including phenoxy) is 1.